The number of hydrogen-bond donors (Lipinski definition) is 1. The standard InChI is InChI=1S/C11H16BrNS/c12-11-6-5-10(14-11)7-8-1-3-9(13)4-2-8/h5-6,8-9H,1-4,7,13H2. The summed E-state index contributed by atoms with van der Waals surface area (Å²) >= 11 is 5.37. The van der Waals surface area contributed by atoms with Gasteiger partial charge < -0.3 is 5.73 Å². The Kier molecular flexibility index (Phi) is 3.63. The molecule has 1 heterocycles. The third-order valence-electron chi connectivity index (χ3n) is 3.01. The van der Waals surface area contributed by atoms with E-state index in [2.05, 4.69) is 28.1 Å². The van der Waals surface area contributed by atoms with Gasteiger partial charge in [0.25, 0.3) is 0 Å². The van der Waals surface area contributed by atoms with Gasteiger partial charge in [0, 0.05) is 10.9 Å². The van der Waals surface area contributed by atoms with Gasteiger partial charge in [-0.05, 0) is 66.1 Å². The zero-order valence-electron chi connectivity index (χ0n) is 8.21. The predicted octanol–water partition coefficient (Wildman–Crippen LogP) is 3.57. The van der Waals surface area contributed by atoms with E-state index in [1.54, 1.807) is 0 Å². The highest BCUT2D eigenvalue weighted by Gasteiger charge is 2.19. The molecular weight excluding hydrogens is 258 g/mol. The van der Waals surface area contributed by atoms with Crippen LogP contribution < -0.4 is 5.73 Å². The first-order chi connectivity index (χ1) is 6.74. The third-order valence-corrected chi connectivity index (χ3v) is 4.66. The topological polar surface area (TPSA) is 26.0 Å². The Balaban J connectivity index is 1.86. The summed E-state index contributed by atoms with van der Waals surface area (Å²) in [6.07, 6.45) is 6.32. The Bertz CT molecular complexity index is 289. The average molecular weight is 274 g/mol. The normalized spacial score (nSPS) is 27.9. The molecule has 1 aliphatic carbocycles. The molecule has 78 valence electrons. The minimum absolute atomic E-state index is 0.473. The molecule has 0 radical (unpaired) electrons. The summed E-state index contributed by atoms with van der Waals surface area (Å²) in [4.78, 5) is 1.51. The van der Waals surface area contributed by atoms with Crippen molar-refractivity contribution in [3.8, 4) is 0 Å². The van der Waals surface area contributed by atoms with Crippen molar-refractivity contribution in [2.24, 2.45) is 11.7 Å². The van der Waals surface area contributed by atoms with Crippen molar-refractivity contribution in [3.63, 3.8) is 0 Å². The molecule has 1 aromatic heterocycles. The highest BCUT2D eigenvalue weighted by atomic mass is 79.9. The van der Waals surface area contributed by atoms with Crippen LogP contribution in [0.2, 0.25) is 0 Å². The number of halogens is 1. The first kappa shape index (κ1) is 10.7. The quantitative estimate of drug-likeness (QED) is 0.876. The van der Waals surface area contributed by atoms with E-state index in [9.17, 15) is 0 Å². The molecule has 0 amide bonds. The van der Waals surface area contributed by atoms with E-state index in [1.807, 2.05) is 11.3 Å². The van der Waals surface area contributed by atoms with Crippen LogP contribution in [-0.4, -0.2) is 6.04 Å². The fourth-order valence-electron chi connectivity index (χ4n) is 2.14. The smallest absolute Gasteiger partial charge is 0.0701 e. The number of hydrogen-bond acceptors (Lipinski definition) is 2. The molecular formula is C11H16BrNS. The van der Waals surface area contributed by atoms with Crippen molar-refractivity contribution in [1.29, 1.82) is 0 Å². The monoisotopic (exact) mass is 273 g/mol. The number of thiophene rings is 1. The van der Waals surface area contributed by atoms with Crippen LogP contribution in [-0.2, 0) is 6.42 Å². The van der Waals surface area contributed by atoms with Gasteiger partial charge in [-0.15, -0.1) is 11.3 Å². The second kappa shape index (κ2) is 4.77. The van der Waals surface area contributed by atoms with Gasteiger partial charge in [0.15, 0.2) is 0 Å². The Morgan fingerprint density at radius 2 is 2.00 bits per heavy atom. The molecule has 2 N–H and O–H groups in total. The molecule has 0 saturated heterocycles. The van der Waals surface area contributed by atoms with Crippen molar-refractivity contribution in [2.75, 3.05) is 0 Å². The van der Waals surface area contributed by atoms with Crippen LogP contribution >= 0.6 is 27.3 Å². The SMILES string of the molecule is NC1CCC(Cc2ccc(Br)s2)CC1. The van der Waals surface area contributed by atoms with Crippen LogP contribution in [0.4, 0.5) is 0 Å². The predicted molar refractivity (Wildman–Crippen MR) is 65.7 cm³/mol. The summed E-state index contributed by atoms with van der Waals surface area (Å²) < 4.78 is 1.25. The van der Waals surface area contributed by atoms with Crippen LogP contribution in [0.1, 0.15) is 30.6 Å². The maximum atomic E-state index is 5.89. The van der Waals surface area contributed by atoms with E-state index in [1.165, 1.54) is 40.8 Å². The van der Waals surface area contributed by atoms with Gasteiger partial charge in [0.05, 0.1) is 3.79 Å². The summed E-state index contributed by atoms with van der Waals surface area (Å²) in [6.45, 7) is 0. The lowest BCUT2D eigenvalue weighted by atomic mass is 9.84. The minimum atomic E-state index is 0.473. The van der Waals surface area contributed by atoms with Crippen LogP contribution in [0, 0.1) is 5.92 Å². The lowest BCUT2D eigenvalue weighted by molar-refractivity contribution is 0.326. The van der Waals surface area contributed by atoms with E-state index in [4.69, 9.17) is 5.73 Å². The van der Waals surface area contributed by atoms with Crippen molar-refractivity contribution in [3.05, 3.63) is 20.8 Å². The molecule has 0 bridgehead atoms. The summed E-state index contributed by atoms with van der Waals surface area (Å²) in [5, 5.41) is 0. The largest absolute Gasteiger partial charge is 0.328 e. The van der Waals surface area contributed by atoms with Gasteiger partial charge in [0.2, 0.25) is 0 Å². The second-order valence-electron chi connectivity index (χ2n) is 4.19. The zero-order chi connectivity index (χ0) is 9.97. The fourth-order valence-corrected chi connectivity index (χ4v) is 3.74. The van der Waals surface area contributed by atoms with Crippen molar-refractivity contribution in [2.45, 2.75) is 38.1 Å². The Labute approximate surface area is 97.8 Å². The fraction of sp³-hybridized carbons (Fsp3) is 0.636. The van der Waals surface area contributed by atoms with Gasteiger partial charge in [-0.1, -0.05) is 0 Å². The second-order valence-corrected chi connectivity index (χ2v) is 6.74. The Hall–Kier alpha value is 0.140. The average Bonchev–Trinajstić information content (AvgIpc) is 2.56. The molecule has 1 aliphatic rings. The van der Waals surface area contributed by atoms with E-state index < -0.39 is 0 Å². The van der Waals surface area contributed by atoms with Crippen LogP contribution in [0.3, 0.4) is 0 Å². The van der Waals surface area contributed by atoms with Crippen LogP contribution in [0.5, 0.6) is 0 Å². The zero-order valence-corrected chi connectivity index (χ0v) is 10.6. The molecule has 1 nitrogen and oxygen atoms in total. The molecule has 14 heavy (non-hydrogen) atoms. The van der Waals surface area contributed by atoms with Gasteiger partial charge in [0.1, 0.15) is 0 Å². The summed E-state index contributed by atoms with van der Waals surface area (Å²) in [5.74, 6) is 0.875. The van der Waals surface area contributed by atoms with E-state index in [0.29, 0.717) is 6.04 Å². The summed E-state index contributed by atoms with van der Waals surface area (Å²) in [5.41, 5.74) is 5.89. The van der Waals surface area contributed by atoms with Gasteiger partial charge in [-0.2, -0.15) is 0 Å². The molecule has 3 heteroatoms. The third kappa shape index (κ3) is 2.81. The summed E-state index contributed by atoms with van der Waals surface area (Å²) in [7, 11) is 0. The lowest BCUT2D eigenvalue weighted by Gasteiger charge is -2.25. The Morgan fingerprint density at radius 3 is 2.57 bits per heavy atom. The van der Waals surface area contributed by atoms with E-state index in [-0.39, 0.29) is 0 Å². The lowest BCUT2D eigenvalue weighted by Crippen LogP contribution is -2.27. The first-order valence-electron chi connectivity index (χ1n) is 5.24. The van der Waals surface area contributed by atoms with Crippen molar-refractivity contribution >= 4 is 27.3 Å². The highest BCUT2D eigenvalue weighted by molar-refractivity contribution is 9.11. The van der Waals surface area contributed by atoms with Crippen molar-refractivity contribution in [1.82, 2.24) is 0 Å². The van der Waals surface area contributed by atoms with Gasteiger partial charge in [-0.3, -0.25) is 0 Å². The van der Waals surface area contributed by atoms with Crippen LogP contribution in [0.25, 0.3) is 0 Å². The molecule has 0 unspecified atom stereocenters. The highest BCUT2D eigenvalue weighted by Crippen LogP contribution is 2.30. The molecule has 1 fully saturated rings. The van der Waals surface area contributed by atoms with Crippen LogP contribution in [0.15, 0.2) is 15.9 Å². The number of rotatable bonds is 2. The van der Waals surface area contributed by atoms with Crippen molar-refractivity contribution < 1.29 is 0 Å². The molecule has 1 aromatic rings. The van der Waals surface area contributed by atoms with E-state index >= 15 is 0 Å². The van der Waals surface area contributed by atoms with Gasteiger partial charge >= 0.3 is 0 Å². The number of nitrogens with two attached hydrogens (primary N) is 1. The van der Waals surface area contributed by atoms with Gasteiger partial charge in [-0.25, -0.2) is 0 Å². The Morgan fingerprint density at radius 1 is 1.29 bits per heavy atom. The molecule has 0 atom stereocenters. The van der Waals surface area contributed by atoms with E-state index in [0.717, 1.165) is 5.92 Å². The maximum absolute atomic E-state index is 5.89. The molecule has 0 aliphatic heterocycles. The first-order valence-corrected chi connectivity index (χ1v) is 6.85. The molecule has 1 saturated carbocycles. The molecule has 0 spiro atoms. The summed E-state index contributed by atoms with van der Waals surface area (Å²) in [6, 6.07) is 4.86. The minimum Gasteiger partial charge on any atom is -0.328 e. The molecule has 2 rings (SSSR count). The molecule has 0 aromatic carbocycles. The maximum Gasteiger partial charge on any atom is 0.0701 e.